The zero-order chi connectivity index (χ0) is 16.3. The van der Waals surface area contributed by atoms with Gasteiger partial charge in [-0.3, -0.25) is 4.99 Å². The number of ether oxygens (including phenoxy) is 1. The van der Waals surface area contributed by atoms with Crippen LogP contribution >= 0.6 is 0 Å². The summed E-state index contributed by atoms with van der Waals surface area (Å²) in [7, 11) is 3.85. The van der Waals surface area contributed by atoms with Gasteiger partial charge >= 0.3 is 0 Å². The fraction of sp³-hybridized carbons (Fsp3) is 0.938. The predicted octanol–water partition coefficient (Wildman–Crippen LogP) is 0.815. The molecule has 3 N–H and O–H groups in total. The van der Waals surface area contributed by atoms with Crippen molar-refractivity contribution in [1.29, 1.82) is 0 Å². The Kier molecular flexibility index (Phi) is 9.43. The fourth-order valence-electron chi connectivity index (χ4n) is 2.71. The highest BCUT2D eigenvalue weighted by Crippen LogP contribution is 2.29. The van der Waals surface area contributed by atoms with Crippen LogP contribution in [0.4, 0.5) is 0 Å². The van der Waals surface area contributed by atoms with Crippen LogP contribution in [0, 0.1) is 0 Å². The Balaban J connectivity index is 2.27. The molecule has 1 fully saturated rings. The smallest absolute Gasteiger partial charge is 0.191 e. The van der Waals surface area contributed by atoms with E-state index in [0.29, 0.717) is 6.54 Å². The molecule has 130 valence electrons. The van der Waals surface area contributed by atoms with Gasteiger partial charge in [-0.1, -0.05) is 12.8 Å². The van der Waals surface area contributed by atoms with Gasteiger partial charge in [-0.25, -0.2) is 0 Å². The van der Waals surface area contributed by atoms with Crippen LogP contribution < -0.4 is 10.6 Å². The monoisotopic (exact) mass is 314 g/mol. The van der Waals surface area contributed by atoms with Crippen LogP contribution in [0.2, 0.25) is 0 Å². The number of aliphatic hydroxyl groups is 1. The third kappa shape index (κ3) is 7.96. The number of hydrogen-bond donors (Lipinski definition) is 3. The molecule has 0 saturated heterocycles. The van der Waals surface area contributed by atoms with E-state index in [-0.39, 0.29) is 0 Å². The minimum atomic E-state index is -0.584. The van der Waals surface area contributed by atoms with Gasteiger partial charge < -0.3 is 25.4 Å². The molecule has 1 aliphatic carbocycles. The van der Waals surface area contributed by atoms with E-state index in [9.17, 15) is 5.11 Å². The summed E-state index contributed by atoms with van der Waals surface area (Å²) in [5.41, 5.74) is -0.584. The van der Waals surface area contributed by atoms with Gasteiger partial charge in [0.25, 0.3) is 0 Å². The van der Waals surface area contributed by atoms with Gasteiger partial charge in [0.05, 0.1) is 12.1 Å². The summed E-state index contributed by atoms with van der Waals surface area (Å²) in [6, 6.07) is 0. The molecule has 0 aromatic carbocycles. The Morgan fingerprint density at radius 3 is 2.64 bits per heavy atom. The van der Waals surface area contributed by atoms with E-state index in [2.05, 4.69) is 34.5 Å². The number of likely N-dealkylation sites (N-methyl/N-ethyl adjacent to an activating group) is 1. The number of nitrogens with one attached hydrogen (secondary N) is 2. The maximum Gasteiger partial charge on any atom is 0.191 e. The molecule has 0 amide bonds. The molecule has 0 aromatic heterocycles. The summed E-state index contributed by atoms with van der Waals surface area (Å²) < 4.78 is 5.06. The lowest BCUT2D eigenvalue weighted by Gasteiger charge is -2.21. The SMILES string of the molecule is CCNC(=NCC1(O)CCCC1)NCCN(C)CCCOC. The average molecular weight is 314 g/mol. The Morgan fingerprint density at radius 1 is 1.27 bits per heavy atom. The maximum absolute atomic E-state index is 10.4. The summed E-state index contributed by atoms with van der Waals surface area (Å²) in [6.45, 7) is 7.01. The lowest BCUT2D eigenvalue weighted by molar-refractivity contribution is 0.0574. The van der Waals surface area contributed by atoms with Crippen LogP contribution in [0.1, 0.15) is 39.0 Å². The molecule has 0 radical (unpaired) electrons. The van der Waals surface area contributed by atoms with Gasteiger partial charge in [0.2, 0.25) is 0 Å². The Labute approximate surface area is 135 Å². The molecule has 1 aliphatic rings. The number of guanidine groups is 1. The predicted molar refractivity (Wildman–Crippen MR) is 91.4 cm³/mol. The second kappa shape index (κ2) is 10.8. The molecule has 6 nitrogen and oxygen atoms in total. The first-order valence-corrected chi connectivity index (χ1v) is 8.51. The molecule has 0 atom stereocenters. The van der Waals surface area contributed by atoms with Crippen molar-refractivity contribution in [2.24, 2.45) is 4.99 Å². The van der Waals surface area contributed by atoms with Crippen molar-refractivity contribution in [3.05, 3.63) is 0 Å². The second-order valence-corrected chi connectivity index (χ2v) is 6.20. The van der Waals surface area contributed by atoms with E-state index in [1.165, 1.54) is 0 Å². The van der Waals surface area contributed by atoms with Crippen molar-refractivity contribution in [2.75, 3.05) is 53.5 Å². The molecule has 1 saturated carbocycles. The first-order valence-electron chi connectivity index (χ1n) is 8.51. The molecule has 0 aliphatic heterocycles. The first-order chi connectivity index (χ1) is 10.6. The molecule has 0 unspecified atom stereocenters. The van der Waals surface area contributed by atoms with Gasteiger partial charge in [0.1, 0.15) is 0 Å². The van der Waals surface area contributed by atoms with Crippen LogP contribution in [0.3, 0.4) is 0 Å². The topological polar surface area (TPSA) is 69.1 Å². The molecule has 0 aromatic rings. The van der Waals surface area contributed by atoms with Crippen molar-refractivity contribution in [2.45, 2.75) is 44.6 Å². The largest absolute Gasteiger partial charge is 0.388 e. The van der Waals surface area contributed by atoms with Crippen LogP contribution in [-0.4, -0.2) is 75.1 Å². The van der Waals surface area contributed by atoms with E-state index < -0.39 is 5.60 Å². The number of aliphatic imine (C=N–C) groups is 1. The Morgan fingerprint density at radius 2 is 2.00 bits per heavy atom. The van der Waals surface area contributed by atoms with Crippen molar-refractivity contribution >= 4 is 5.96 Å². The minimum Gasteiger partial charge on any atom is -0.388 e. The minimum absolute atomic E-state index is 0.492. The Bertz CT molecular complexity index is 317. The van der Waals surface area contributed by atoms with E-state index >= 15 is 0 Å². The average Bonchev–Trinajstić information content (AvgIpc) is 2.92. The summed E-state index contributed by atoms with van der Waals surface area (Å²) in [5, 5.41) is 16.9. The highest BCUT2D eigenvalue weighted by molar-refractivity contribution is 5.79. The van der Waals surface area contributed by atoms with Crippen LogP contribution in [0.15, 0.2) is 4.99 Å². The summed E-state index contributed by atoms with van der Waals surface area (Å²) in [5.74, 6) is 0.799. The van der Waals surface area contributed by atoms with Gasteiger partial charge in [-0.15, -0.1) is 0 Å². The van der Waals surface area contributed by atoms with Gasteiger partial charge in [-0.05, 0) is 33.2 Å². The van der Waals surface area contributed by atoms with Gasteiger partial charge in [0.15, 0.2) is 5.96 Å². The molecule has 1 rings (SSSR count). The summed E-state index contributed by atoms with van der Waals surface area (Å²) in [6.07, 6.45) is 5.02. The molecular weight excluding hydrogens is 280 g/mol. The van der Waals surface area contributed by atoms with Crippen LogP contribution in [0.5, 0.6) is 0 Å². The molecule has 22 heavy (non-hydrogen) atoms. The van der Waals surface area contributed by atoms with E-state index in [0.717, 1.165) is 70.8 Å². The third-order valence-corrected chi connectivity index (χ3v) is 4.08. The van der Waals surface area contributed by atoms with Crippen molar-refractivity contribution in [3.63, 3.8) is 0 Å². The molecule has 0 spiro atoms. The molecule has 6 heteroatoms. The van der Waals surface area contributed by atoms with Crippen LogP contribution in [-0.2, 0) is 4.74 Å². The quantitative estimate of drug-likeness (QED) is 0.316. The lowest BCUT2D eigenvalue weighted by Crippen LogP contribution is -2.42. The van der Waals surface area contributed by atoms with Gasteiger partial charge in [0, 0.05) is 39.9 Å². The zero-order valence-corrected chi connectivity index (χ0v) is 14.5. The molecule has 0 bridgehead atoms. The number of nitrogens with zero attached hydrogens (tertiary/aromatic N) is 2. The van der Waals surface area contributed by atoms with Gasteiger partial charge in [-0.2, -0.15) is 0 Å². The van der Waals surface area contributed by atoms with E-state index in [1.54, 1.807) is 7.11 Å². The van der Waals surface area contributed by atoms with Crippen molar-refractivity contribution in [1.82, 2.24) is 15.5 Å². The normalized spacial score (nSPS) is 18.0. The first kappa shape index (κ1) is 19.2. The van der Waals surface area contributed by atoms with E-state index in [1.807, 2.05) is 0 Å². The standard InChI is InChI=1S/C16H34N4O2/c1-4-17-15(19-14-16(21)8-5-6-9-16)18-10-12-20(2)11-7-13-22-3/h21H,4-14H2,1-3H3,(H2,17,18,19). The van der Waals surface area contributed by atoms with Crippen LogP contribution in [0.25, 0.3) is 0 Å². The number of methoxy groups -OCH3 is 1. The molecular formula is C16H34N4O2. The molecule has 0 heterocycles. The fourth-order valence-corrected chi connectivity index (χ4v) is 2.71. The number of hydrogen-bond acceptors (Lipinski definition) is 4. The van der Waals surface area contributed by atoms with E-state index in [4.69, 9.17) is 4.74 Å². The number of rotatable bonds is 10. The summed E-state index contributed by atoms with van der Waals surface area (Å²) in [4.78, 5) is 6.82. The summed E-state index contributed by atoms with van der Waals surface area (Å²) >= 11 is 0. The zero-order valence-electron chi connectivity index (χ0n) is 14.5. The second-order valence-electron chi connectivity index (χ2n) is 6.20. The third-order valence-electron chi connectivity index (χ3n) is 4.08. The Hall–Kier alpha value is -0.850. The van der Waals surface area contributed by atoms with Crippen molar-refractivity contribution < 1.29 is 9.84 Å². The maximum atomic E-state index is 10.4. The van der Waals surface area contributed by atoms with Crippen molar-refractivity contribution in [3.8, 4) is 0 Å². The highest BCUT2D eigenvalue weighted by atomic mass is 16.5. The highest BCUT2D eigenvalue weighted by Gasteiger charge is 2.30. The lowest BCUT2D eigenvalue weighted by atomic mass is 10.0.